The highest BCUT2D eigenvalue weighted by atomic mass is 16.5. The maximum absolute atomic E-state index is 8.89. The third kappa shape index (κ3) is 5.07. The first-order valence-electron chi connectivity index (χ1n) is 6.64. The molecule has 0 heterocycles. The van der Waals surface area contributed by atoms with Gasteiger partial charge in [-0.15, -0.1) is 0 Å². The Morgan fingerprint density at radius 3 is 2.56 bits per heavy atom. The Kier molecular flexibility index (Phi) is 6.76. The molecular weight excluding hydrogens is 228 g/mol. The number of rotatable bonds is 8. The van der Waals surface area contributed by atoms with Crippen LogP contribution in [-0.4, -0.2) is 30.5 Å². The van der Waals surface area contributed by atoms with Crippen molar-refractivity contribution in [1.82, 2.24) is 0 Å². The van der Waals surface area contributed by atoms with Gasteiger partial charge in [0.2, 0.25) is 0 Å². The third-order valence-corrected chi connectivity index (χ3v) is 2.69. The summed E-state index contributed by atoms with van der Waals surface area (Å²) in [6, 6.07) is 8.12. The van der Waals surface area contributed by atoms with Gasteiger partial charge in [-0.1, -0.05) is 31.5 Å². The molecule has 0 radical (unpaired) electrons. The van der Waals surface area contributed by atoms with E-state index in [1.54, 1.807) is 0 Å². The van der Waals surface area contributed by atoms with E-state index < -0.39 is 0 Å². The maximum Gasteiger partial charge on any atom is 0.123 e. The predicted molar refractivity (Wildman–Crippen MR) is 73.0 cm³/mol. The van der Waals surface area contributed by atoms with Gasteiger partial charge in [-0.3, -0.25) is 0 Å². The molecule has 1 rings (SSSR count). The summed E-state index contributed by atoms with van der Waals surface area (Å²) >= 11 is 0. The van der Waals surface area contributed by atoms with E-state index in [2.05, 4.69) is 13.0 Å². The first-order valence-corrected chi connectivity index (χ1v) is 6.64. The van der Waals surface area contributed by atoms with Gasteiger partial charge in [-0.25, -0.2) is 0 Å². The molecule has 0 fully saturated rings. The van der Waals surface area contributed by atoms with Crippen molar-refractivity contribution in [3.05, 3.63) is 29.8 Å². The lowest BCUT2D eigenvalue weighted by Gasteiger charge is -2.19. The van der Waals surface area contributed by atoms with Gasteiger partial charge in [-0.2, -0.15) is 0 Å². The molecule has 0 aliphatic carbocycles. The number of hydrogen-bond donors (Lipinski definition) is 1. The molecule has 0 saturated heterocycles. The number of benzene rings is 1. The van der Waals surface area contributed by atoms with Crippen molar-refractivity contribution >= 4 is 0 Å². The van der Waals surface area contributed by atoms with Gasteiger partial charge in [0.15, 0.2) is 0 Å². The first kappa shape index (κ1) is 15.0. The molecule has 0 saturated carbocycles. The Morgan fingerprint density at radius 2 is 1.89 bits per heavy atom. The molecule has 0 amide bonds. The molecule has 0 bridgehead atoms. The molecule has 1 N–H and O–H groups in total. The molecular formula is C15H24O3. The summed E-state index contributed by atoms with van der Waals surface area (Å²) < 4.78 is 11.3. The molecule has 1 aromatic rings. The summed E-state index contributed by atoms with van der Waals surface area (Å²) in [5.74, 6) is 0.937. The lowest BCUT2D eigenvalue weighted by Crippen LogP contribution is -2.24. The Bertz CT molecular complexity index is 338. The van der Waals surface area contributed by atoms with E-state index in [9.17, 15) is 0 Å². The quantitative estimate of drug-likeness (QED) is 0.773. The number of aliphatic hydroxyl groups excluding tert-OH is 1. The van der Waals surface area contributed by atoms with E-state index in [4.69, 9.17) is 14.6 Å². The van der Waals surface area contributed by atoms with Crippen LogP contribution in [0.1, 0.15) is 32.8 Å². The number of ether oxygens (including phenoxy) is 2. The zero-order chi connectivity index (χ0) is 13.4. The van der Waals surface area contributed by atoms with Crippen LogP contribution in [0.15, 0.2) is 24.3 Å². The molecule has 3 nitrogen and oxygen atoms in total. The minimum absolute atomic E-state index is 0.0167. The Labute approximate surface area is 110 Å². The average Bonchev–Trinajstić information content (AvgIpc) is 2.38. The van der Waals surface area contributed by atoms with Gasteiger partial charge >= 0.3 is 0 Å². The van der Waals surface area contributed by atoms with Crippen molar-refractivity contribution in [3.8, 4) is 5.75 Å². The highest BCUT2D eigenvalue weighted by Crippen LogP contribution is 2.20. The van der Waals surface area contributed by atoms with Crippen molar-refractivity contribution in [2.45, 2.75) is 45.8 Å². The van der Waals surface area contributed by atoms with Crippen molar-refractivity contribution in [2.75, 3.05) is 13.2 Å². The Balaban J connectivity index is 2.50. The Hall–Kier alpha value is -1.06. The molecule has 18 heavy (non-hydrogen) atoms. The smallest absolute Gasteiger partial charge is 0.123 e. The van der Waals surface area contributed by atoms with Crippen LogP contribution in [0.2, 0.25) is 0 Å². The zero-order valence-electron chi connectivity index (χ0n) is 11.6. The fourth-order valence-electron chi connectivity index (χ4n) is 1.70. The van der Waals surface area contributed by atoms with Crippen LogP contribution in [0.3, 0.4) is 0 Å². The summed E-state index contributed by atoms with van der Waals surface area (Å²) in [7, 11) is 0. The van der Waals surface area contributed by atoms with Crippen molar-refractivity contribution < 1.29 is 14.6 Å². The van der Waals surface area contributed by atoms with Gasteiger partial charge in [0.05, 0.1) is 19.3 Å². The average molecular weight is 252 g/mol. The van der Waals surface area contributed by atoms with Gasteiger partial charge in [0, 0.05) is 0 Å². The van der Waals surface area contributed by atoms with Crippen molar-refractivity contribution in [1.29, 1.82) is 0 Å². The van der Waals surface area contributed by atoms with E-state index >= 15 is 0 Å². The highest BCUT2D eigenvalue weighted by molar-refractivity contribution is 5.33. The SMILES string of the molecule is CCCc1ccccc1OC(C)COC(C)CO. The molecule has 2 unspecified atom stereocenters. The maximum atomic E-state index is 8.89. The minimum Gasteiger partial charge on any atom is -0.488 e. The molecule has 1 aromatic carbocycles. The second kappa shape index (κ2) is 8.11. The molecule has 2 atom stereocenters. The van der Waals surface area contributed by atoms with Crippen LogP contribution in [-0.2, 0) is 11.2 Å². The van der Waals surface area contributed by atoms with Gasteiger partial charge in [0.1, 0.15) is 11.9 Å². The van der Waals surface area contributed by atoms with E-state index in [0.29, 0.717) is 6.61 Å². The molecule has 102 valence electrons. The molecule has 0 spiro atoms. The molecule has 3 heteroatoms. The molecule has 0 aliphatic heterocycles. The Morgan fingerprint density at radius 1 is 1.17 bits per heavy atom. The lowest BCUT2D eigenvalue weighted by molar-refractivity contribution is -0.0112. The highest BCUT2D eigenvalue weighted by Gasteiger charge is 2.09. The van der Waals surface area contributed by atoms with Crippen LogP contribution in [0.5, 0.6) is 5.75 Å². The monoisotopic (exact) mass is 252 g/mol. The fraction of sp³-hybridized carbons (Fsp3) is 0.600. The van der Waals surface area contributed by atoms with E-state index in [1.807, 2.05) is 32.0 Å². The number of para-hydroxylation sites is 1. The van der Waals surface area contributed by atoms with Crippen LogP contribution in [0, 0.1) is 0 Å². The minimum atomic E-state index is -0.137. The van der Waals surface area contributed by atoms with E-state index in [1.165, 1.54) is 5.56 Å². The van der Waals surface area contributed by atoms with Crippen LogP contribution in [0.4, 0.5) is 0 Å². The normalized spacial score (nSPS) is 14.2. The predicted octanol–water partition coefficient (Wildman–Crippen LogP) is 2.80. The fourth-order valence-corrected chi connectivity index (χ4v) is 1.70. The second-order valence-electron chi connectivity index (χ2n) is 4.61. The number of aryl methyl sites for hydroxylation is 1. The first-order chi connectivity index (χ1) is 8.67. The third-order valence-electron chi connectivity index (χ3n) is 2.69. The summed E-state index contributed by atoms with van der Waals surface area (Å²) in [5.41, 5.74) is 1.24. The van der Waals surface area contributed by atoms with E-state index in [0.717, 1.165) is 18.6 Å². The second-order valence-corrected chi connectivity index (χ2v) is 4.61. The largest absolute Gasteiger partial charge is 0.488 e. The summed E-state index contributed by atoms with van der Waals surface area (Å²) in [4.78, 5) is 0. The van der Waals surface area contributed by atoms with Crippen LogP contribution in [0.25, 0.3) is 0 Å². The molecule has 0 aromatic heterocycles. The summed E-state index contributed by atoms with van der Waals surface area (Å²) in [5, 5.41) is 8.89. The summed E-state index contributed by atoms with van der Waals surface area (Å²) in [6.07, 6.45) is 1.97. The van der Waals surface area contributed by atoms with Gasteiger partial charge < -0.3 is 14.6 Å². The molecule has 0 aliphatic rings. The number of aliphatic hydroxyl groups is 1. The van der Waals surface area contributed by atoms with Crippen molar-refractivity contribution in [2.24, 2.45) is 0 Å². The number of hydrogen-bond acceptors (Lipinski definition) is 3. The van der Waals surface area contributed by atoms with Gasteiger partial charge in [-0.05, 0) is 31.9 Å². The van der Waals surface area contributed by atoms with Crippen LogP contribution < -0.4 is 4.74 Å². The van der Waals surface area contributed by atoms with Gasteiger partial charge in [0.25, 0.3) is 0 Å². The van der Waals surface area contributed by atoms with E-state index in [-0.39, 0.29) is 18.8 Å². The van der Waals surface area contributed by atoms with Crippen molar-refractivity contribution in [3.63, 3.8) is 0 Å². The van der Waals surface area contributed by atoms with Crippen LogP contribution >= 0.6 is 0 Å². The standard InChI is InChI=1S/C15H24O3/c1-4-7-14-8-5-6-9-15(14)18-13(3)11-17-12(2)10-16/h5-6,8-9,12-13,16H,4,7,10-11H2,1-3H3. The summed E-state index contributed by atoms with van der Waals surface area (Å²) in [6.45, 7) is 6.51. The lowest BCUT2D eigenvalue weighted by atomic mass is 10.1. The zero-order valence-corrected chi connectivity index (χ0v) is 11.6. The topological polar surface area (TPSA) is 38.7 Å².